The Morgan fingerprint density at radius 1 is 1.31 bits per heavy atom. The number of nitrogens with zero attached hydrogens (tertiary/aromatic N) is 1. The van der Waals surface area contributed by atoms with Gasteiger partial charge in [0.05, 0.1) is 6.61 Å². The van der Waals surface area contributed by atoms with Gasteiger partial charge in [0, 0.05) is 28.7 Å². The van der Waals surface area contributed by atoms with E-state index in [2.05, 4.69) is 5.32 Å². The van der Waals surface area contributed by atoms with Crippen molar-refractivity contribution in [1.82, 2.24) is 4.57 Å². The zero-order valence-electron chi connectivity index (χ0n) is 14.9. The Morgan fingerprint density at radius 2 is 2.12 bits per heavy atom. The second-order valence-corrected chi connectivity index (χ2v) is 6.54. The molecule has 1 aliphatic carbocycles. The third kappa shape index (κ3) is 4.37. The second-order valence-electron chi connectivity index (χ2n) is 6.54. The number of anilines is 1. The van der Waals surface area contributed by atoms with Gasteiger partial charge in [-0.05, 0) is 56.5 Å². The smallest absolute Gasteiger partial charge is 0.325 e. The maximum atomic E-state index is 12.5. The van der Waals surface area contributed by atoms with E-state index in [0.717, 1.165) is 35.9 Å². The summed E-state index contributed by atoms with van der Waals surface area (Å²) in [5.41, 5.74) is 7.48. The van der Waals surface area contributed by atoms with Gasteiger partial charge in [0.2, 0.25) is 5.91 Å². The summed E-state index contributed by atoms with van der Waals surface area (Å²) in [5, 5.41) is 3.99. The molecule has 7 heteroatoms. The van der Waals surface area contributed by atoms with E-state index < -0.39 is 0 Å². The Hall–Kier alpha value is -2.05. The molecular weight excluding hydrogens is 354 g/mol. The molecule has 26 heavy (non-hydrogen) atoms. The van der Waals surface area contributed by atoms with E-state index in [1.165, 1.54) is 0 Å². The molecule has 3 rings (SSSR count). The van der Waals surface area contributed by atoms with Crippen molar-refractivity contribution in [2.75, 3.05) is 18.5 Å². The molecule has 1 aliphatic rings. The summed E-state index contributed by atoms with van der Waals surface area (Å²) in [6.45, 7) is 2.91. The van der Waals surface area contributed by atoms with Crippen LogP contribution < -0.4 is 11.1 Å². The van der Waals surface area contributed by atoms with E-state index in [1.807, 2.05) is 35.0 Å². The van der Waals surface area contributed by atoms with Crippen molar-refractivity contribution in [3.05, 3.63) is 30.5 Å². The maximum absolute atomic E-state index is 12.5. The third-order valence-corrected chi connectivity index (χ3v) is 4.94. The fraction of sp³-hybridized carbons (Fsp3) is 0.474. The molecule has 142 valence electrons. The highest BCUT2D eigenvalue weighted by Crippen LogP contribution is 2.32. The largest absolute Gasteiger partial charge is 0.465 e. The number of aromatic nitrogens is 1. The number of rotatable bonds is 6. The van der Waals surface area contributed by atoms with E-state index in [-0.39, 0.29) is 42.7 Å². The molecule has 0 bridgehead atoms. The van der Waals surface area contributed by atoms with Crippen LogP contribution in [0.5, 0.6) is 0 Å². The van der Waals surface area contributed by atoms with E-state index in [9.17, 15) is 9.59 Å². The quantitative estimate of drug-likeness (QED) is 0.755. The number of nitrogens with one attached hydrogen (secondary N) is 1. The van der Waals surface area contributed by atoms with Gasteiger partial charge in [0.1, 0.15) is 6.54 Å². The number of hydrogen-bond donors (Lipinski definition) is 2. The van der Waals surface area contributed by atoms with Crippen LogP contribution >= 0.6 is 12.4 Å². The maximum Gasteiger partial charge on any atom is 0.325 e. The fourth-order valence-corrected chi connectivity index (χ4v) is 3.66. The molecule has 2 atom stereocenters. The van der Waals surface area contributed by atoms with Gasteiger partial charge in [-0.25, -0.2) is 0 Å². The number of halogens is 1. The van der Waals surface area contributed by atoms with Crippen LogP contribution in [-0.4, -0.2) is 29.6 Å². The minimum atomic E-state index is -0.258. The van der Waals surface area contributed by atoms with Gasteiger partial charge in [-0.15, -0.1) is 12.4 Å². The Labute approximate surface area is 159 Å². The second kappa shape index (κ2) is 9.05. The molecule has 0 radical (unpaired) electrons. The number of benzene rings is 1. The van der Waals surface area contributed by atoms with Crippen molar-refractivity contribution in [2.45, 2.75) is 32.7 Å². The van der Waals surface area contributed by atoms with E-state index in [0.29, 0.717) is 13.2 Å². The summed E-state index contributed by atoms with van der Waals surface area (Å²) in [6, 6.07) is 7.65. The zero-order chi connectivity index (χ0) is 17.8. The summed E-state index contributed by atoms with van der Waals surface area (Å²) in [7, 11) is 0. The Balaban J connectivity index is 0.00000243. The number of carbonyl (C=O) groups is 2. The predicted molar refractivity (Wildman–Crippen MR) is 104 cm³/mol. The van der Waals surface area contributed by atoms with Crippen molar-refractivity contribution < 1.29 is 14.3 Å². The predicted octanol–water partition coefficient (Wildman–Crippen LogP) is 2.94. The molecule has 1 heterocycles. The van der Waals surface area contributed by atoms with Gasteiger partial charge in [-0.1, -0.05) is 6.42 Å². The topological polar surface area (TPSA) is 86.3 Å². The van der Waals surface area contributed by atoms with E-state index >= 15 is 0 Å². The molecule has 2 aromatic rings. The minimum Gasteiger partial charge on any atom is -0.465 e. The summed E-state index contributed by atoms with van der Waals surface area (Å²) >= 11 is 0. The van der Waals surface area contributed by atoms with Crippen molar-refractivity contribution >= 4 is 40.9 Å². The van der Waals surface area contributed by atoms with Crippen molar-refractivity contribution in [3.8, 4) is 0 Å². The van der Waals surface area contributed by atoms with Crippen LogP contribution in [0.15, 0.2) is 30.5 Å². The van der Waals surface area contributed by atoms with Gasteiger partial charge in [0.15, 0.2) is 0 Å². The monoisotopic (exact) mass is 379 g/mol. The molecule has 0 saturated heterocycles. The normalized spacial score (nSPS) is 19.2. The van der Waals surface area contributed by atoms with Gasteiger partial charge in [0.25, 0.3) is 0 Å². The van der Waals surface area contributed by atoms with E-state index in [1.54, 1.807) is 6.92 Å². The van der Waals surface area contributed by atoms with Gasteiger partial charge in [-0.2, -0.15) is 0 Å². The molecule has 0 spiro atoms. The number of fused-ring (bicyclic) bond motifs is 1. The molecular formula is C19H26ClN3O3. The van der Waals surface area contributed by atoms with Crippen LogP contribution in [0.4, 0.5) is 5.69 Å². The van der Waals surface area contributed by atoms with Crippen LogP contribution in [0.25, 0.3) is 10.9 Å². The summed E-state index contributed by atoms with van der Waals surface area (Å²) in [6.07, 6.45) is 4.86. The van der Waals surface area contributed by atoms with Crippen LogP contribution in [0.1, 0.15) is 26.2 Å². The van der Waals surface area contributed by atoms with Crippen molar-refractivity contribution in [1.29, 1.82) is 0 Å². The zero-order valence-corrected chi connectivity index (χ0v) is 15.8. The standard InChI is InChI=1S/C19H25N3O3.ClH/c1-2-25-18(23)12-22-9-8-13-10-15(6-7-17(13)22)21-19(24)16-5-3-4-14(16)11-20;/h6-10,14,16H,2-5,11-12,20H2,1H3,(H,21,24);1H/t14-,16-;/m1./s1. The summed E-state index contributed by atoms with van der Waals surface area (Å²) in [4.78, 5) is 24.2. The van der Waals surface area contributed by atoms with Crippen LogP contribution in [0.2, 0.25) is 0 Å². The molecule has 1 amide bonds. The number of amides is 1. The third-order valence-electron chi connectivity index (χ3n) is 4.94. The lowest BCUT2D eigenvalue weighted by molar-refractivity contribution is -0.143. The van der Waals surface area contributed by atoms with Gasteiger partial charge >= 0.3 is 5.97 Å². The molecule has 3 N–H and O–H groups in total. The molecule has 1 fully saturated rings. The van der Waals surface area contributed by atoms with Crippen LogP contribution in [0.3, 0.4) is 0 Å². The van der Waals surface area contributed by atoms with Crippen molar-refractivity contribution in [3.63, 3.8) is 0 Å². The van der Waals surface area contributed by atoms with Crippen LogP contribution in [0, 0.1) is 11.8 Å². The summed E-state index contributed by atoms with van der Waals surface area (Å²) < 4.78 is 6.84. The molecule has 1 saturated carbocycles. The van der Waals surface area contributed by atoms with Gasteiger partial charge < -0.3 is 20.4 Å². The Morgan fingerprint density at radius 3 is 2.85 bits per heavy atom. The first kappa shape index (κ1) is 20.3. The van der Waals surface area contributed by atoms with Crippen LogP contribution in [-0.2, 0) is 20.9 Å². The fourth-order valence-electron chi connectivity index (χ4n) is 3.66. The first-order valence-electron chi connectivity index (χ1n) is 8.87. The first-order chi connectivity index (χ1) is 12.1. The molecule has 0 unspecified atom stereocenters. The minimum absolute atomic E-state index is 0. The van der Waals surface area contributed by atoms with Crippen molar-refractivity contribution in [2.24, 2.45) is 17.6 Å². The lowest BCUT2D eigenvalue weighted by Gasteiger charge is -2.17. The summed E-state index contributed by atoms with van der Waals surface area (Å²) in [5.74, 6) is 0.0909. The number of hydrogen-bond acceptors (Lipinski definition) is 4. The Bertz CT molecular complexity index is 774. The highest BCUT2D eigenvalue weighted by atomic mass is 35.5. The molecule has 6 nitrogen and oxygen atoms in total. The van der Waals surface area contributed by atoms with E-state index in [4.69, 9.17) is 10.5 Å². The van der Waals surface area contributed by atoms with Gasteiger partial charge in [-0.3, -0.25) is 9.59 Å². The average Bonchev–Trinajstić information content (AvgIpc) is 3.22. The SMILES string of the molecule is CCOC(=O)Cn1ccc2cc(NC(=O)[C@@H]3CCC[C@@H]3CN)ccc21.Cl. The highest BCUT2D eigenvalue weighted by Gasteiger charge is 2.31. The molecule has 0 aliphatic heterocycles. The number of nitrogens with two attached hydrogens (primary N) is 1. The Kier molecular flexibility index (Phi) is 7.06. The first-order valence-corrected chi connectivity index (χ1v) is 8.87. The lowest BCUT2D eigenvalue weighted by Crippen LogP contribution is -2.29. The highest BCUT2D eigenvalue weighted by molar-refractivity contribution is 5.95. The molecule has 1 aromatic heterocycles. The molecule has 1 aromatic carbocycles. The lowest BCUT2D eigenvalue weighted by atomic mass is 9.95. The average molecular weight is 380 g/mol. The number of carbonyl (C=O) groups excluding carboxylic acids is 2. The number of esters is 1. The number of ether oxygens (including phenoxy) is 1.